The predicted molar refractivity (Wildman–Crippen MR) is 94.1 cm³/mol. The van der Waals surface area contributed by atoms with Gasteiger partial charge in [-0.25, -0.2) is 9.97 Å². The van der Waals surface area contributed by atoms with Crippen LogP contribution < -0.4 is 5.32 Å². The second kappa shape index (κ2) is 5.86. The zero-order valence-corrected chi connectivity index (χ0v) is 13.8. The van der Waals surface area contributed by atoms with E-state index in [4.69, 9.17) is 5.10 Å². The van der Waals surface area contributed by atoms with Crippen LogP contribution in [0.5, 0.6) is 0 Å². The summed E-state index contributed by atoms with van der Waals surface area (Å²) in [6.45, 7) is 3.60. The minimum Gasteiger partial charge on any atom is -0.329 e. The van der Waals surface area contributed by atoms with Crippen LogP contribution in [0.15, 0.2) is 49.1 Å². The normalized spacial score (nSPS) is 14.1. The number of aromatic nitrogens is 6. The minimum absolute atomic E-state index is 0.846. The molecule has 0 spiro atoms. The van der Waals surface area contributed by atoms with Crippen LogP contribution in [0.2, 0.25) is 0 Å². The number of pyridine rings is 1. The molecule has 1 aliphatic heterocycles. The first-order valence-corrected chi connectivity index (χ1v) is 8.58. The first-order valence-electron chi connectivity index (χ1n) is 8.58. The van der Waals surface area contributed by atoms with E-state index in [1.165, 1.54) is 11.4 Å². The molecule has 0 bridgehead atoms. The highest BCUT2D eigenvalue weighted by Crippen LogP contribution is 2.19. The SMILES string of the molecule is c1ccn2c(CCn3ccnc3-c3cc4n(n3)CCNC4)cnc2c1. The lowest BCUT2D eigenvalue weighted by molar-refractivity contribution is 0.476. The highest BCUT2D eigenvalue weighted by Gasteiger charge is 2.16. The van der Waals surface area contributed by atoms with Gasteiger partial charge in [-0.15, -0.1) is 0 Å². The van der Waals surface area contributed by atoms with Crippen molar-refractivity contribution in [2.75, 3.05) is 6.54 Å². The van der Waals surface area contributed by atoms with Crippen LogP contribution >= 0.6 is 0 Å². The average molecular weight is 333 g/mol. The standard InChI is InChI=1S/C18H19N7/c1-2-7-24-14(13-21-17(24)3-1)4-8-23-9-6-20-18(23)16-11-15-12-19-5-10-25(15)22-16/h1-3,6-7,9,11,13,19H,4-5,8,10,12H2. The maximum absolute atomic E-state index is 4.72. The van der Waals surface area contributed by atoms with E-state index in [1.807, 2.05) is 36.8 Å². The summed E-state index contributed by atoms with van der Waals surface area (Å²) in [5, 5.41) is 8.10. The molecule has 0 aliphatic carbocycles. The Balaban J connectivity index is 1.41. The Labute approximate surface area is 144 Å². The second-order valence-corrected chi connectivity index (χ2v) is 6.29. The third-order valence-electron chi connectivity index (χ3n) is 4.72. The largest absolute Gasteiger partial charge is 0.329 e. The van der Waals surface area contributed by atoms with E-state index in [0.717, 1.165) is 49.8 Å². The molecule has 4 aromatic heterocycles. The summed E-state index contributed by atoms with van der Waals surface area (Å²) in [6, 6.07) is 8.20. The fraction of sp³-hybridized carbons (Fsp3) is 0.278. The number of hydrogen-bond acceptors (Lipinski definition) is 4. The third kappa shape index (κ3) is 2.53. The Kier molecular flexibility index (Phi) is 3.38. The van der Waals surface area contributed by atoms with Crippen molar-refractivity contribution in [3.63, 3.8) is 0 Å². The molecule has 1 N–H and O–H groups in total. The molecule has 0 aromatic carbocycles. The van der Waals surface area contributed by atoms with E-state index in [1.54, 1.807) is 0 Å². The molecule has 0 radical (unpaired) electrons. The second-order valence-electron chi connectivity index (χ2n) is 6.29. The first kappa shape index (κ1) is 14.4. The molecule has 25 heavy (non-hydrogen) atoms. The molecule has 0 fully saturated rings. The van der Waals surface area contributed by atoms with Crippen molar-refractivity contribution < 1.29 is 0 Å². The van der Waals surface area contributed by atoms with Crippen molar-refractivity contribution >= 4 is 5.65 Å². The van der Waals surface area contributed by atoms with Crippen molar-refractivity contribution in [3.8, 4) is 11.5 Å². The lowest BCUT2D eigenvalue weighted by atomic mass is 10.3. The van der Waals surface area contributed by atoms with Crippen LogP contribution in [0.1, 0.15) is 11.4 Å². The molecule has 4 aromatic rings. The molecule has 0 saturated heterocycles. The van der Waals surface area contributed by atoms with Crippen LogP contribution in [-0.2, 0) is 26.1 Å². The molecule has 1 aliphatic rings. The molecule has 0 saturated carbocycles. The molecule has 0 amide bonds. The summed E-state index contributed by atoms with van der Waals surface area (Å²) in [5.41, 5.74) is 4.35. The quantitative estimate of drug-likeness (QED) is 0.618. The lowest BCUT2D eigenvalue weighted by Crippen LogP contribution is -2.28. The zero-order valence-electron chi connectivity index (χ0n) is 13.8. The van der Waals surface area contributed by atoms with Gasteiger partial charge in [-0.3, -0.25) is 4.68 Å². The number of nitrogens with one attached hydrogen (secondary N) is 1. The molecule has 7 heteroatoms. The Morgan fingerprint density at radius 2 is 2.16 bits per heavy atom. The molecular formula is C18H19N7. The van der Waals surface area contributed by atoms with Crippen LogP contribution in [-0.4, -0.2) is 35.3 Å². The van der Waals surface area contributed by atoms with Gasteiger partial charge in [0.05, 0.1) is 12.2 Å². The van der Waals surface area contributed by atoms with Gasteiger partial charge in [0.15, 0.2) is 5.82 Å². The number of hydrogen-bond donors (Lipinski definition) is 1. The monoisotopic (exact) mass is 333 g/mol. The van der Waals surface area contributed by atoms with Gasteiger partial charge in [0, 0.05) is 56.5 Å². The van der Waals surface area contributed by atoms with E-state index in [9.17, 15) is 0 Å². The molecule has 126 valence electrons. The summed E-state index contributed by atoms with van der Waals surface area (Å²) < 4.78 is 6.39. The van der Waals surface area contributed by atoms with E-state index >= 15 is 0 Å². The van der Waals surface area contributed by atoms with Gasteiger partial charge in [-0.1, -0.05) is 6.07 Å². The summed E-state index contributed by atoms with van der Waals surface area (Å²) in [5.74, 6) is 0.927. The number of rotatable bonds is 4. The topological polar surface area (TPSA) is 65.0 Å². The predicted octanol–water partition coefficient (Wildman–Crippen LogP) is 1.74. The van der Waals surface area contributed by atoms with Gasteiger partial charge in [0.25, 0.3) is 0 Å². The van der Waals surface area contributed by atoms with Crippen molar-refractivity contribution in [1.82, 2.24) is 34.0 Å². The first-order chi connectivity index (χ1) is 12.4. The van der Waals surface area contributed by atoms with Crippen molar-refractivity contribution in [2.24, 2.45) is 0 Å². The Morgan fingerprint density at radius 1 is 1.16 bits per heavy atom. The van der Waals surface area contributed by atoms with Gasteiger partial charge in [0.1, 0.15) is 11.3 Å². The van der Waals surface area contributed by atoms with E-state index in [2.05, 4.69) is 41.2 Å². The maximum Gasteiger partial charge on any atom is 0.160 e. The molecule has 5 heterocycles. The van der Waals surface area contributed by atoms with Crippen molar-refractivity contribution in [2.45, 2.75) is 26.1 Å². The van der Waals surface area contributed by atoms with Crippen LogP contribution in [0.3, 0.4) is 0 Å². The van der Waals surface area contributed by atoms with Crippen LogP contribution in [0.25, 0.3) is 17.2 Å². The fourth-order valence-corrected chi connectivity index (χ4v) is 3.43. The summed E-state index contributed by atoms with van der Waals surface area (Å²) in [4.78, 5) is 9.00. The lowest BCUT2D eigenvalue weighted by Gasteiger charge is -2.13. The number of aryl methyl sites for hydroxylation is 2. The summed E-state index contributed by atoms with van der Waals surface area (Å²) >= 11 is 0. The van der Waals surface area contributed by atoms with Gasteiger partial charge in [0.2, 0.25) is 0 Å². The molecular weight excluding hydrogens is 314 g/mol. The Hall–Kier alpha value is -2.93. The fourth-order valence-electron chi connectivity index (χ4n) is 3.43. The highest BCUT2D eigenvalue weighted by molar-refractivity contribution is 5.50. The van der Waals surface area contributed by atoms with Gasteiger partial charge in [-0.05, 0) is 18.2 Å². The Morgan fingerprint density at radius 3 is 3.12 bits per heavy atom. The van der Waals surface area contributed by atoms with Gasteiger partial charge < -0.3 is 14.3 Å². The van der Waals surface area contributed by atoms with E-state index in [0.29, 0.717) is 0 Å². The Bertz CT molecular complexity index is 1000. The van der Waals surface area contributed by atoms with Crippen LogP contribution in [0.4, 0.5) is 0 Å². The van der Waals surface area contributed by atoms with Crippen LogP contribution in [0, 0.1) is 0 Å². The van der Waals surface area contributed by atoms with Crippen molar-refractivity contribution in [3.05, 3.63) is 60.4 Å². The highest BCUT2D eigenvalue weighted by atomic mass is 15.3. The van der Waals surface area contributed by atoms with E-state index in [-0.39, 0.29) is 0 Å². The molecule has 0 atom stereocenters. The van der Waals surface area contributed by atoms with E-state index < -0.39 is 0 Å². The van der Waals surface area contributed by atoms with Gasteiger partial charge in [-0.2, -0.15) is 5.10 Å². The number of imidazole rings is 2. The zero-order chi connectivity index (χ0) is 16.6. The van der Waals surface area contributed by atoms with Crippen molar-refractivity contribution in [1.29, 1.82) is 0 Å². The number of fused-ring (bicyclic) bond motifs is 2. The number of nitrogens with zero attached hydrogens (tertiary/aromatic N) is 6. The average Bonchev–Trinajstić information content (AvgIpc) is 3.37. The maximum atomic E-state index is 4.72. The molecule has 7 nitrogen and oxygen atoms in total. The summed E-state index contributed by atoms with van der Waals surface area (Å²) in [7, 11) is 0. The molecule has 5 rings (SSSR count). The van der Waals surface area contributed by atoms with Gasteiger partial charge >= 0.3 is 0 Å². The minimum atomic E-state index is 0.846. The smallest absolute Gasteiger partial charge is 0.160 e. The molecule has 0 unspecified atom stereocenters. The summed E-state index contributed by atoms with van der Waals surface area (Å²) in [6.07, 6.45) is 8.77. The third-order valence-corrected chi connectivity index (χ3v) is 4.72.